The van der Waals surface area contributed by atoms with Gasteiger partial charge in [-0.3, -0.25) is 0 Å². The molecule has 4 aromatic rings. The summed E-state index contributed by atoms with van der Waals surface area (Å²) in [4.78, 5) is 0. The summed E-state index contributed by atoms with van der Waals surface area (Å²) in [5.41, 5.74) is 6.21. The van der Waals surface area contributed by atoms with E-state index in [0.717, 1.165) is 39.3 Å². The van der Waals surface area contributed by atoms with Crippen molar-refractivity contribution >= 4 is 11.5 Å². The Bertz CT molecular complexity index is 1140. The molecule has 0 atom stereocenters. The topological polar surface area (TPSA) is 49.8 Å². The molecule has 0 radical (unpaired) electrons. The summed E-state index contributed by atoms with van der Waals surface area (Å²) in [6, 6.07) is 20.4. The third-order valence-electron chi connectivity index (χ3n) is 5.13. The molecule has 0 aliphatic carbocycles. The van der Waals surface area contributed by atoms with Crippen molar-refractivity contribution in [2.75, 3.05) is 28.4 Å². The number of benzene rings is 3. The van der Waals surface area contributed by atoms with Gasteiger partial charge in [-0.05, 0) is 52.5 Å². The monoisotopic (exact) mass is 433 g/mol. The van der Waals surface area contributed by atoms with Crippen molar-refractivity contribution in [3.8, 4) is 56.5 Å². The van der Waals surface area contributed by atoms with Crippen LogP contribution in [-0.2, 0) is 0 Å². The fourth-order valence-electron chi connectivity index (χ4n) is 3.49. The predicted molar refractivity (Wildman–Crippen MR) is 125 cm³/mol. The first kappa shape index (κ1) is 20.8. The quantitative estimate of drug-likeness (QED) is 0.348. The summed E-state index contributed by atoms with van der Waals surface area (Å²) in [5.74, 6) is 2.62. The van der Waals surface area contributed by atoms with Gasteiger partial charge in [0.05, 0.1) is 34.1 Å². The van der Waals surface area contributed by atoms with Crippen molar-refractivity contribution in [1.29, 1.82) is 0 Å². The molecule has 0 saturated heterocycles. The number of hydrogen-bond donors (Lipinski definition) is 0. The molecule has 0 N–H and O–H groups in total. The Kier molecular flexibility index (Phi) is 6.09. The molecule has 0 saturated carbocycles. The molecule has 5 nitrogen and oxygen atoms in total. The minimum atomic E-state index is 0.564. The van der Waals surface area contributed by atoms with E-state index in [4.69, 9.17) is 18.9 Å². The van der Waals surface area contributed by atoms with Crippen molar-refractivity contribution in [1.82, 2.24) is 4.37 Å². The van der Waals surface area contributed by atoms with Gasteiger partial charge < -0.3 is 18.9 Å². The minimum Gasteiger partial charge on any atom is -0.497 e. The SMILES string of the molecule is COc1ccc(-c2ccc(-c3csnc3-c3cc(OC)c(OC)c(OC)c3)cc2)cc1. The maximum absolute atomic E-state index is 5.51. The molecule has 31 heavy (non-hydrogen) atoms. The van der Waals surface area contributed by atoms with Crippen molar-refractivity contribution in [3.63, 3.8) is 0 Å². The second-order valence-electron chi connectivity index (χ2n) is 6.80. The average molecular weight is 434 g/mol. The molecule has 0 fully saturated rings. The maximum Gasteiger partial charge on any atom is 0.203 e. The molecular formula is C25H23NO4S. The first-order chi connectivity index (χ1) is 15.2. The third kappa shape index (κ3) is 4.07. The highest BCUT2D eigenvalue weighted by atomic mass is 32.1. The maximum atomic E-state index is 5.51. The van der Waals surface area contributed by atoms with Gasteiger partial charge in [-0.1, -0.05) is 36.4 Å². The highest BCUT2D eigenvalue weighted by Gasteiger charge is 2.18. The molecular weight excluding hydrogens is 410 g/mol. The molecule has 158 valence electrons. The Balaban J connectivity index is 1.70. The van der Waals surface area contributed by atoms with Crippen molar-refractivity contribution in [3.05, 3.63) is 66.0 Å². The summed E-state index contributed by atoms with van der Waals surface area (Å²) >= 11 is 1.42. The van der Waals surface area contributed by atoms with E-state index in [2.05, 4.69) is 46.2 Å². The number of methoxy groups -OCH3 is 4. The van der Waals surface area contributed by atoms with Gasteiger partial charge in [-0.2, -0.15) is 4.37 Å². The number of aromatic nitrogens is 1. The molecule has 0 aliphatic heterocycles. The minimum absolute atomic E-state index is 0.564. The lowest BCUT2D eigenvalue weighted by Gasteiger charge is -2.14. The predicted octanol–water partition coefficient (Wildman–Crippen LogP) is 6.18. The van der Waals surface area contributed by atoms with Gasteiger partial charge in [0.15, 0.2) is 11.5 Å². The molecule has 1 aromatic heterocycles. The summed E-state index contributed by atoms with van der Waals surface area (Å²) in [6.07, 6.45) is 0. The van der Waals surface area contributed by atoms with Crippen LogP contribution < -0.4 is 18.9 Å². The van der Waals surface area contributed by atoms with Gasteiger partial charge in [-0.25, -0.2) is 0 Å². The van der Waals surface area contributed by atoms with Crippen LogP contribution in [0.25, 0.3) is 33.5 Å². The van der Waals surface area contributed by atoms with Gasteiger partial charge in [0.2, 0.25) is 5.75 Å². The van der Waals surface area contributed by atoms with Gasteiger partial charge in [0.25, 0.3) is 0 Å². The van der Waals surface area contributed by atoms with Gasteiger partial charge in [0.1, 0.15) is 5.75 Å². The van der Waals surface area contributed by atoms with E-state index in [0.29, 0.717) is 17.2 Å². The molecule has 1 heterocycles. The van der Waals surface area contributed by atoms with Gasteiger partial charge in [-0.15, -0.1) is 0 Å². The molecule has 0 aliphatic rings. The second-order valence-corrected chi connectivity index (χ2v) is 7.43. The van der Waals surface area contributed by atoms with E-state index in [9.17, 15) is 0 Å². The fourth-order valence-corrected chi connectivity index (χ4v) is 4.21. The Hall–Kier alpha value is -3.51. The molecule has 0 spiro atoms. The van der Waals surface area contributed by atoms with Crippen LogP contribution in [0, 0.1) is 0 Å². The zero-order valence-electron chi connectivity index (χ0n) is 17.8. The Morgan fingerprint density at radius 3 is 1.68 bits per heavy atom. The van der Waals surface area contributed by atoms with Crippen LogP contribution in [0.5, 0.6) is 23.0 Å². The zero-order chi connectivity index (χ0) is 21.8. The van der Waals surface area contributed by atoms with E-state index in [1.165, 1.54) is 11.5 Å². The van der Waals surface area contributed by atoms with Crippen molar-refractivity contribution in [2.45, 2.75) is 0 Å². The van der Waals surface area contributed by atoms with Gasteiger partial charge >= 0.3 is 0 Å². The molecule has 0 bridgehead atoms. The molecule has 0 amide bonds. The highest BCUT2D eigenvalue weighted by Crippen LogP contribution is 2.43. The molecule has 3 aromatic carbocycles. The Morgan fingerprint density at radius 2 is 1.16 bits per heavy atom. The third-order valence-corrected chi connectivity index (χ3v) is 5.76. The van der Waals surface area contributed by atoms with Gasteiger partial charge in [0, 0.05) is 16.5 Å². The molecule has 6 heteroatoms. The van der Waals surface area contributed by atoms with E-state index in [1.807, 2.05) is 24.3 Å². The first-order valence-electron chi connectivity index (χ1n) is 9.68. The summed E-state index contributed by atoms with van der Waals surface area (Å²) in [5, 5.41) is 2.06. The van der Waals surface area contributed by atoms with E-state index >= 15 is 0 Å². The number of ether oxygens (including phenoxy) is 4. The van der Waals surface area contributed by atoms with Crippen LogP contribution in [0.3, 0.4) is 0 Å². The Labute approximate surface area is 186 Å². The first-order valence-corrected chi connectivity index (χ1v) is 10.5. The molecule has 0 unspecified atom stereocenters. The number of nitrogens with zero attached hydrogens (tertiary/aromatic N) is 1. The molecule has 4 rings (SSSR count). The van der Waals surface area contributed by atoms with Crippen LogP contribution in [0.2, 0.25) is 0 Å². The number of rotatable bonds is 7. The Morgan fingerprint density at radius 1 is 0.613 bits per heavy atom. The lowest BCUT2D eigenvalue weighted by atomic mass is 9.98. The summed E-state index contributed by atoms with van der Waals surface area (Å²) in [6.45, 7) is 0. The van der Waals surface area contributed by atoms with Crippen molar-refractivity contribution < 1.29 is 18.9 Å². The zero-order valence-corrected chi connectivity index (χ0v) is 18.7. The fraction of sp³-hybridized carbons (Fsp3) is 0.160. The second kappa shape index (κ2) is 9.10. The smallest absolute Gasteiger partial charge is 0.203 e. The van der Waals surface area contributed by atoms with Crippen LogP contribution in [0.4, 0.5) is 0 Å². The van der Waals surface area contributed by atoms with Crippen LogP contribution in [-0.4, -0.2) is 32.8 Å². The van der Waals surface area contributed by atoms with Crippen LogP contribution in [0.15, 0.2) is 66.0 Å². The normalized spacial score (nSPS) is 10.6. The van der Waals surface area contributed by atoms with Crippen molar-refractivity contribution in [2.24, 2.45) is 0 Å². The van der Waals surface area contributed by atoms with E-state index < -0.39 is 0 Å². The summed E-state index contributed by atoms with van der Waals surface area (Å²) < 4.78 is 26.3. The lowest BCUT2D eigenvalue weighted by Crippen LogP contribution is -1.96. The largest absolute Gasteiger partial charge is 0.497 e. The average Bonchev–Trinajstić information content (AvgIpc) is 3.33. The van der Waals surface area contributed by atoms with Crippen LogP contribution >= 0.6 is 11.5 Å². The highest BCUT2D eigenvalue weighted by molar-refractivity contribution is 7.04. The standard InChI is InChI=1S/C25H23NO4S/c1-27-20-11-9-17(10-12-20)16-5-7-18(8-6-16)21-15-31-26-24(21)19-13-22(28-2)25(30-4)23(14-19)29-3/h5-15H,1-4H3. The van der Waals surface area contributed by atoms with Crippen LogP contribution in [0.1, 0.15) is 0 Å². The van der Waals surface area contributed by atoms with E-state index in [1.54, 1.807) is 28.4 Å². The number of hydrogen-bond acceptors (Lipinski definition) is 6. The summed E-state index contributed by atoms with van der Waals surface area (Å²) in [7, 11) is 6.49. The van der Waals surface area contributed by atoms with E-state index in [-0.39, 0.29) is 0 Å². The lowest BCUT2D eigenvalue weighted by molar-refractivity contribution is 0.324.